The summed E-state index contributed by atoms with van der Waals surface area (Å²) in [6.45, 7) is 4.25. The van der Waals surface area contributed by atoms with Gasteiger partial charge in [0.25, 0.3) is 0 Å². The van der Waals surface area contributed by atoms with E-state index in [0.717, 1.165) is 42.9 Å². The molecule has 1 saturated carbocycles. The lowest BCUT2D eigenvalue weighted by atomic mass is 9.89. The summed E-state index contributed by atoms with van der Waals surface area (Å²) in [5.41, 5.74) is 0. The van der Waals surface area contributed by atoms with Gasteiger partial charge >= 0.3 is 0 Å². The van der Waals surface area contributed by atoms with Gasteiger partial charge in [0.05, 0.1) is 5.75 Å². The monoisotopic (exact) mass is 396 g/mol. The smallest absolute Gasteiger partial charge is 0.233 e. The van der Waals surface area contributed by atoms with Crippen molar-refractivity contribution in [3.63, 3.8) is 0 Å². The highest BCUT2D eigenvalue weighted by Gasteiger charge is 2.29. The number of carbonyl (C=O) groups is 2. The van der Waals surface area contributed by atoms with E-state index >= 15 is 0 Å². The Bertz CT molecular complexity index is 620. The predicted octanol–water partition coefficient (Wildman–Crippen LogP) is 3.94. The van der Waals surface area contributed by atoms with Gasteiger partial charge in [-0.05, 0) is 46.0 Å². The van der Waals surface area contributed by atoms with Crippen molar-refractivity contribution >= 4 is 40.0 Å². The highest BCUT2D eigenvalue weighted by atomic mass is 32.2. The van der Waals surface area contributed by atoms with E-state index in [1.807, 2.05) is 4.90 Å². The zero-order valence-corrected chi connectivity index (χ0v) is 17.2. The summed E-state index contributed by atoms with van der Waals surface area (Å²) in [4.78, 5) is 26.9. The minimum Gasteiger partial charge on any atom is -0.337 e. The van der Waals surface area contributed by atoms with E-state index in [0.29, 0.717) is 23.0 Å². The van der Waals surface area contributed by atoms with Gasteiger partial charge in [0.1, 0.15) is 0 Å². The van der Waals surface area contributed by atoms with Crippen molar-refractivity contribution < 1.29 is 9.59 Å². The van der Waals surface area contributed by atoms with Crippen LogP contribution < -0.4 is 5.32 Å². The Balaban J connectivity index is 1.48. The number of rotatable bonds is 5. The van der Waals surface area contributed by atoms with Crippen LogP contribution in [0.3, 0.4) is 0 Å². The minimum absolute atomic E-state index is 0.0597. The number of anilines is 1. The van der Waals surface area contributed by atoms with Gasteiger partial charge in [-0.1, -0.05) is 42.4 Å². The average Bonchev–Trinajstić information content (AvgIpc) is 3.08. The molecule has 0 radical (unpaired) electrons. The first-order valence-corrected chi connectivity index (χ1v) is 11.4. The van der Waals surface area contributed by atoms with Crippen LogP contribution in [0.5, 0.6) is 0 Å². The first-order chi connectivity index (χ1) is 12.5. The standard InChI is InChI=1S/C18H28N4O2S2/c1-12-7-6-8-13(2)22(12)15(23)11-25-18-21-20-17(26-18)19-16(24)14-9-4-3-5-10-14/h12-14H,3-11H2,1-2H3,(H,19,20,24)/t12-,13+. The molecule has 1 saturated heterocycles. The predicted molar refractivity (Wildman–Crippen MR) is 105 cm³/mol. The maximum atomic E-state index is 12.6. The van der Waals surface area contributed by atoms with Crippen LogP contribution in [0.4, 0.5) is 5.13 Å². The van der Waals surface area contributed by atoms with Crippen molar-refractivity contribution in [3.8, 4) is 0 Å². The third kappa shape index (κ3) is 4.97. The summed E-state index contributed by atoms with van der Waals surface area (Å²) < 4.78 is 0.731. The van der Waals surface area contributed by atoms with Gasteiger partial charge in [-0.2, -0.15) is 0 Å². The number of piperidine rings is 1. The fourth-order valence-corrected chi connectivity index (χ4v) is 5.63. The number of nitrogens with one attached hydrogen (secondary N) is 1. The Morgan fingerprint density at radius 2 is 1.77 bits per heavy atom. The van der Waals surface area contributed by atoms with Gasteiger partial charge in [-0.25, -0.2) is 0 Å². The Morgan fingerprint density at radius 3 is 2.46 bits per heavy atom. The van der Waals surface area contributed by atoms with Gasteiger partial charge < -0.3 is 10.2 Å². The second-order valence-corrected chi connectivity index (χ2v) is 9.62. The lowest BCUT2D eigenvalue weighted by molar-refractivity contribution is -0.134. The molecule has 0 aromatic carbocycles. The number of likely N-dealkylation sites (tertiary alicyclic amines) is 1. The molecule has 0 unspecified atom stereocenters. The van der Waals surface area contributed by atoms with E-state index in [2.05, 4.69) is 29.4 Å². The molecule has 1 N–H and O–H groups in total. The van der Waals surface area contributed by atoms with Crippen LogP contribution in [0.2, 0.25) is 0 Å². The number of hydrogen-bond acceptors (Lipinski definition) is 6. The Morgan fingerprint density at radius 1 is 1.08 bits per heavy atom. The maximum Gasteiger partial charge on any atom is 0.233 e. The zero-order chi connectivity index (χ0) is 18.5. The maximum absolute atomic E-state index is 12.6. The van der Waals surface area contributed by atoms with Crippen LogP contribution >= 0.6 is 23.1 Å². The highest BCUT2D eigenvalue weighted by molar-refractivity contribution is 8.01. The molecule has 0 spiro atoms. The van der Waals surface area contributed by atoms with Gasteiger partial charge in [0.15, 0.2) is 4.34 Å². The molecule has 1 aromatic rings. The van der Waals surface area contributed by atoms with Crippen molar-refractivity contribution in [1.29, 1.82) is 0 Å². The van der Waals surface area contributed by atoms with Crippen LogP contribution in [0, 0.1) is 5.92 Å². The molecule has 8 heteroatoms. The molecular weight excluding hydrogens is 368 g/mol. The number of nitrogens with zero attached hydrogens (tertiary/aromatic N) is 3. The lowest BCUT2D eigenvalue weighted by Crippen LogP contribution is -2.48. The topological polar surface area (TPSA) is 75.2 Å². The Hall–Kier alpha value is -1.15. The van der Waals surface area contributed by atoms with Gasteiger partial charge in [0, 0.05) is 18.0 Å². The molecule has 0 bridgehead atoms. The molecule has 2 atom stereocenters. The molecule has 6 nitrogen and oxygen atoms in total. The van der Waals surface area contributed by atoms with E-state index in [-0.39, 0.29) is 17.7 Å². The molecular formula is C18H28N4O2S2. The normalized spacial score (nSPS) is 24.5. The van der Waals surface area contributed by atoms with Crippen LogP contribution in [0.1, 0.15) is 65.2 Å². The number of aromatic nitrogens is 2. The fraction of sp³-hybridized carbons (Fsp3) is 0.778. The van der Waals surface area contributed by atoms with E-state index in [9.17, 15) is 9.59 Å². The van der Waals surface area contributed by atoms with Crippen LogP contribution in [0.25, 0.3) is 0 Å². The molecule has 1 aromatic heterocycles. The molecule has 2 fully saturated rings. The average molecular weight is 397 g/mol. The zero-order valence-electron chi connectivity index (χ0n) is 15.6. The van der Waals surface area contributed by atoms with Crippen molar-refractivity contribution in [3.05, 3.63) is 0 Å². The van der Waals surface area contributed by atoms with Gasteiger partial charge in [-0.3, -0.25) is 9.59 Å². The molecule has 3 rings (SSSR count). The third-order valence-electron chi connectivity index (χ3n) is 5.41. The summed E-state index contributed by atoms with van der Waals surface area (Å²) in [6, 6.07) is 0.623. The van der Waals surface area contributed by atoms with E-state index in [1.54, 1.807) is 0 Å². The number of thioether (sulfide) groups is 1. The second-order valence-electron chi connectivity index (χ2n) is 7.42. The van der Waals surface area contributed by atoms with Gasteiger partial charge in [-0.15, -0.1) is 10.2 Å². The number of carbonyl (C=O) groups excluding carboxylic acids is 2. The lowest BCUT2D eigenvalue weighted by Gasteiger charge is -2.39. The second kappa shape index (κ2) is 9.17. The van der Waals surface area contributed by atoms with E-state index in [1.165, 1.54) is 35.9 Å². The number of hydrogen-bond donors (Lipinski definition) is 1. The van der Waals surface area contributed by atoms with E-state index < -0.39 is 0 Å². The molecule has 26 heavy (non-hydrogen) atoms. The first-order valence-electron chi connectivity index (χ1n) is 9.63. The SMILES string of the molecule is C[C@@H]1CCC[C@H](C)N1C(=O)CSc1nnc(NC(=O)C2CCCCC2)s1. The largest absolute Gasteiger partial charge is 0.337 e. The summed E-state index contributed by atoms with van der Waals surface area (Å²) in [7, 11) is 0. The van der Waals surface area contributed by atoms with Gasteiger partial charge in [0.2, 0.25) is 16.9 Å². The van der Waals surface area contributed by atoms with Crippen LogP contribution in [0.15, 0.2) is 4.34 Å². The Kier molecular flexibility index (Phi) is 6.92. The quantitative estimate of drug-likeness (QED) is 0.603. The first kappa shape index (κ1) is 19.6. The third-order valence-corrected chi connectivity index (χ3v) is 7.37. The molecule has 1 aliphatic heterocycles. The van der Waals surface area contributed by atoms with E-state index in [4.69, 9.17) is 0 Å². The van der Waals surface area contributed by atoms with Crippen LogP contribution in [-0.4, -0.2) is 44.7 Å². The summed E-state index contributed by atoms with van der Waals surface area (Å²) in [5.74, 6) is 0.703. The van der Waals surface area contributed by atoms with Crippen molar-refractivity contribution in [2.75, 3.05) is 11.1 Å². The minimum atomic E-state index is 0.0597. The summed E-state index contributed by atoms with van der Waals surface area (Å²) in [6.07, 6.45) is 8.77. The molecule has 2 amide bonds. The Labute approximate surface area is 163 Å². The molecule has 2 aliphatic rings. The summed E-state index contributed by atoms with van der Waals surface area (Å²) in [5, 5.41) is 11.6. The highest BCUT2D eigenvalue weighted by Crippen LogP contribution is 2.30. The molecule has 1 aliphatic carbocycles. The van der Waals surface area contributed by atoms with Crippen molar-refractivity contribution in [1.82, 2.24) is 15.1 Å². The fourth-order valence-electron chi connectivity index (χ4n) is 4.00. The molecule has 2 heterocycles. The summed E-state index contributed by atoms with van der Waals surface area (Å²) >= 11 is 2.77. The van der Waals surface area contributed by atoms with Crippen LogP contribution in [-0.2, 0) is 9.59 Å². The number of amides is 2. The van der Waals surface area contributed by atoms with Crippen molar-refractivity contribution in [2.45, 2.75) is 81.6 Å². The molecule has 144 valence electrons. The van der Waals surface area contributed by atoms with Crippen molar-refractivity contribution in [2.24, 2.45) is 5.92 Å².